The summed E-state index contributed by atoms with van der Waals surface area (Å²) in [5.41, 5.74) is 1.88. The van der Waals surface area contributed by atoms with Crippen molar-refractivity contribution < 1.29 is 4.74 Å². The van der Waals surface area contributed by atoms with Crippen LogP contribution >= 0.6 is 0 Å². The lowest BCUT2D eigenvalue weighted by Gasteiger charge is -2.29. The van der Waals surface area contributed by atoms with Gasteiger partial charge in [0.15, 0.2) is 0 Å². The van der Waals surface area contributed by atoms with Crippen LogP contribution in [0.4, 0.5) is 0 Å². The van der Waals surface area contributed by atoms with Gasteiger partial charge in [-0.3, -0.25) is 0 Å². The summed E-state index contributed by atoms with van der Waals surface area (Å²) in [4.78, 5) is 0. The van der Waals surface area contributed by atoms with Crippen molar-refractivity contribution in [3.05, 3.63) is 23.5 Å². The molecule has 2 heterocycles. The van der Waals surface area contributed by atoms with Gasteiger partial charge in [0.2, 0.25) is 0 Å². The first-order chi connectivity index (χ1) is 8.20. The molecule has 0 bridgehead atoms. The zero-order valence-electron chi connectivity index (χ0n) is 10.4. The number of nitrogens with zero attached hydrogens (tertiary/aromatic N) is 2. The van der Waals surface area contributed by atoms with E-state index in [0.717, 1.165) is 26.2 Å². The number of nitriles is 1. The molecule has 2 atom stereocenters. The van der Waals surface area contributed by atoms with Crippen LogP contribution in [0.25, 0.3) is 0 Å². The largest absolute Gasteiger partial charge is 0.381 e. The molecular weight excluding hydrogens is 214 g/mol. The first-order valence-corrected chi connectivity index (χ1v) is 6.07. The lowest BCUT2D eigenvalue weighted by molar-refractivity contribution is 0.0386. The third kappa shape index (κ3) is 2.87. The number of aromatic nitrogens is 1. The van der Waals surface area contributed by atoms with Crippen molar-refractivity contribution in [1.82, 2.24) is 9.88 Å². The highest BCUT2D eigenvalue weighted by Gasteiger charge is 2.21. The number of hydrogen-bond acceptors (Lipinski definition) is 3. The first-order valence-electron chi connectivity index (χ1n) is 6.07. The Balaban J connectivity index is 1.90. The molecule has 1 fully saturated rings. The molecule has 4 nitrogen and oxygen atoms in total. The summed E-state index contributed by atoms with van der Waals surface area (Å²) in [5, 5.41) is 12.4. The van der Waals surface area contributed by atoms with Crippen molar-refractivity contribution >= 4 is 0 Å². The Kier molecular flexibility index (Phi) is 3.82. The standard InChI is InChI=1S/C13H19N3O/c1-10-9-17-4-3-13(10)15-7-11-5-12(6-14)16(2)8-11/h5,8,10,13,15H,3-4,7,9H2,1-2H3. The van der Waals surface area contributed by atoms with Crippen molar-refractivity contribution in [1.29, 1.82) is 5.26 Å². The summed E-state index contributed by atoms with van der Waals surface area (Å²) in [6.45, 7) is 4.73. The van der Waals surface area contributed by atoms with Gasteiger partial charge in [-0.15, -0.1) is 0 Å². The van der Waals surface area contributed by atoms with Crippen molar-refractivity contribution in [2.75, 3.05) is 13.2 Å². The molecule has 1 aromatic heterocycles. The molecule has 17 heavy (non-hydrogen) atoms. The van der Waals surface area contributed by atoms with Crippen LogP contribution in [0, 0.1) is 17.2 Å². The summed E-state index contributed by atoms with van der Waals surface area (Å²) in [7, 11) is 1.90. The minimum Gasteiger partial charge on any atom is -0.381 e. The highest BCUT2D eigenvalue weighted by molar-refractivity contribution is 5.28. The number of rotatable bonds is 3. The van der Waals surface area contributed by atoms with E-state index < -0.39 is 0 Å². The molecule has 0 aliphatic carbocycles. The number of nitrogens with one attached hydrogen (secondary N) is 1. The van der Waals surface area contributed by atoms with Gasteiger partial charge < -0.3 is 14.6 Å². The second kappa shape index (κ2) is 5.35. The van der Waals surface area contributed by atoms with Crippen LogP contribution < -0.4 is 5.32 Å². The average Bonchev–Trinajstić information content (AvgIpc) is 2.69. The van der Waals surface area contributed by atoms with E-state index in [9.17, 15) is 0 Å². The van der Waals surface area contributed by atoms with Gasteiger partial charge in [0.25, 0.3) is 0 Å². The van der Waals surface area contributed by atoms with Crippen LogP contribution in [-0.2, 0) is 18.3 Å². The summed E-state index contributed by atoms with van der Waals surface area (Å²) in [6, 6.07) is 4.64. The minimum atomic E-state index is 0.523. The monoisotopic (exact) mass is 233 g/mol. The van der Waals surface area contributed by atoms with Gasteiger partial charge in [0, 0.05) is 32.4 Å². The fourth-order valence-corrected chi connectivity index (χ4v) is 2.27. The van der Waals surface area contributed by atoms with Gasteiger partial charge in [0.05, 0.1) is 6.61 Å². The Hall–Kier alpha value is -1.31. The van der Waals surface area contributed by atoms with Crippen LogP contribution in [0.1, 0.15) is 24.6 Å². The fraction of sp³-hybridized carbons (Fsp3) is 0.615. The van der Waals surface area contributed by atoms with E-state index in [-0.39, 0.29) is 0 Å². The number of ether oxygens (including phenoxy) is 1. The van der Waals surface area contributed by atoms with Crippen molar-refractivity contribution in [3.63, 3.8) is 0 Å². The smallest absolute Gasteiger partial charge is 0.120 e. The van der Waals surface area contributed by atoms with Crippen LogP contribution in [0.3, 0.4) is 0 Å². The molecule has 1 saturated heterocycles. The molecule has 1 aromatic rings. The van der Waals surface area contributed by atoms with E-state index in [1.54, 1.807) is 0 Å². The Morgan fingerprint density at radius 2 is 2.47 bits per heavy atom. The lowest BCUT2D eigenvalue weighted by atomic mass is 9.98. The minimum absolute atomic E-state index is 0.523. The lowest BCUT2D eigenvalue weighted by Crippen LogP contribution is -2.40. The predicted octanol–water partition coefficient (Wildman–Crippen LogP) is 1.41. The normalized spacial score (nSPS) is 24.5. The third-order valence-corrected chi connectivity index (χ3v) is 3.39. The average molecular weight is 233 g/mol. The van der Waals surface area contributed by atoms with Crippen molar-refractivity contribution in [2.45, 2.75) is 25.9 Å². The summed E-state index contributed by atoms with van der Waals surface area (Å²) < 4.78 is 7.28. The van der Waals surface area contributed by atoms with E-state index in [2.05, 4.69) is 18.3 Å². The molecule has 92 valence electrons. The second-order valence-corrected chi connectivity index (χ2v) is 4.78. The maximum absolute atomic E-state index is 8.88. The maximum Gasteiger partial charge on any atom is 0.120 e. The Labute approximate surface area is 102 Å². The zero-order chi connectivity index (χ0) is 12.3. The van der Waals surface area contributed by atoms with Gasteiger partial charge in [-0.2, -0.15) is 5.26 Å². The van der Waals surface area contributed by atoms with E-state index in [1.807, 2.05) is 23.9 Å². The van der Waals surface area contributed by atoms with E-state index in [4.69, 9.17) is 10.00 Å². The Morgan fingerprint density at radius 3 is 3.12 bits per heavy atom. The van der Waals surface area contributed by atoms with Crippen LogP contribution in [-0.4, -0.2) is 23.8 Å². The van der Waals surface area contributed by atoms with Crippen LogP contribution in [0.5, 0.6) is 0 Å². The molecule has 4 heteroatoms. The molecule has 1 aliphatic rings. The maximum atomic E-state index is 8.88. The fourth-order valence-electron chi connectivity index (χ4n) is 2.27. The first kappa shape index (κ1) is 12.2. The van der Waals surface area contributed by atoms with Gasteiger partial charge >= 0.3 is 0 Å². The van der Waals surface area contributed by atoms with Gasteiger partial charge in [-0.25, -0.2) is 0 Å². The van der Waals surface area contributed by atoms with Crippen molar-refractivity contribution in [3.8, 4) is 6.07 Å². The molecule has 1 N–H and O–H groups in total. The summed E-state index contributed by atoms with van der Waals surface area (Å²) in [5.74, 6) is 0.558. The topological polar surface area (TPSA) is 50.0 Å². The molecule has 1 aliphatic heterocycles. The van der Waals surface area contributed by atoms with Gasteiger partial charge in [-0.1, -0.05) is 6.92 Å². The zero-order valence-corrected chi connectivity index (χ0v) is 10.4. The van der Waals surface area contributed by atoms with Crippen molar-refractivity contribution in [2.24, 2.45) is 13.0 Å². The van der Waals surface area contributed by atoms with E-state index in [0.29, 0.717) is 17.7 Å². The summed E-state index contributed by atoms with van der Waals surface area (Å²) in [6.07, 6.45) is 3.08. The molecule has 0 spiro atoms. The predicted molar refractivity (Wildman–Crippen MR) is 65.4 cm³/mol. The van der Waals surface area contributed by atoms with Crippen LogP contribution in [0.15, 0.2) is 12.3 Å². The molecule has 2 unspecified atom stereocenters. The number of hydrogen-bond donors (Lipinski definition) is 1. The SMILES string of the molecule is CC1COCCC1NCc1cc(C#N)n(C)c1. The van der Waals surface area contributed by atoms with E-state index in [1.165, 1.54) is 5.56 Å². The third-order valence-electron chi connectivity index (χ3n) is 3.39. The van der Waals surface area contributed by atoms with Gasteiger partial charge in [0.1, 0.15) is 11.8 Å². The highest BCUT2D eigenvalue weighted by atomic mass is 16.5. The molecule has 0 amide bonds. The van der Waals surface area contributed by atoms with Gasteiger partial charge in [-0.05, 0) is 24.0 Å². The molecule has 2 rings (SSSR count). The molecule has 0 radical (unpaired) electrons. The quantitative estimate of drug-likeness (QED) is 0.858. The Bertz CT molecular complexity index is 419. The highest BCUT2D eigenvalue weighted by Crippen LogP contribution is 2.15. The molecule has 0 saturated carbocycles. The molecule has 0 aromatic carbocycles. The Morgan fingerprint density at radius 1 is 1.65 bits per heavy atom. The second-order valence-electron chi connectivity index (χ2n) is 4.78. The number of aryl methyl sites for hydroxylation is 1. The van der Waals surface area contributed by atoms with E-state index >= 15 is 0 Å². The summed E-state index contributed by atoms with van der Waals surface area (Å²) >= 11 is 0. The van der Waals surface area contributed by atoms with Crippen LogP contribution in [0.2, 0.25) is 0 Å². The molecular formula is C13H19N3O.